The summed E-state index contributed by atoms with van der Waals surface area (Å²) in [7, 11) is -3.61. The van der Waals surface area contributed by atoms with Gasteiger partial charge in [-0.1, -0.05) is 36.4 Å². The Morgan fingerprint density at radius 2 is 1.76 bits per heavy atom. The van der Waals surface area contributed by atoms with Crippen molar-refractivity contribution in [1.82, 2.24) is 14.7 Å². The molecule has 4 aromatic rings. The summed E-state index contributed by atoms with van der Waals surface area (Å²) in [6, 6.07) is 20.8. The number of anilines is 3. The molecular formula is C27H26FN5O3S. The van der Waals surface area contributed by atoms with Crippen molar-refractivity contribution >= 4 is 27.5 Å². The van der Waals surface area contributed by atoms with Gasteiger partial charge in [0.05, 0.1) is 4.90 Å². The first-order valence-electron chi connectivity index (χ1n) is 11.9. The van der Waals surface area contributed by atoms with Gasteiger partial charge in [-0.2, -0.15) is 4.98 Å². The second kappa shape index (κ2) is 10.9. The van der Waals surface area contributed by atoms with Crippen LogP contribution in [0.1, 0.15) is 18.4 Å². The van der Waals surface area contributed by atoms with E-state index in [1.165, 1.54) is 18.2 Å². The van der Waals surface area contributed by atoms with Crippen molar-refractivity contribution in [1.29, 1.82) is 0 Å². The van der Waals surface area contributed by atoms with E-state index >= 15 is 4.39 Å². The molecule has 0 unspecified atom stereocenters. The van der Waals surface area contributed by atoms with Crippen LogP contribution >= 0.6 is 0 Å². The first kappa shape index (κ1) is 24.7. The fourth-order valence-electron chi connectivity index (χ4n) is 3.94. The predicted octanol–water partition coefficient (Wildman–Crippen LogP) is 5.09. The molecule has 0 fully saturated rings. The largest absolute Gasteiger partial charge is 0.489 e. The number of nitrogens with one attached hydrogen (secondary N) is 3. The van der Waals surface area contributed by atoms with Gasteiger partial charge >= 0.3 is 0 Å². The molecule has 5 rings (SSSR count). The quantitative estimate of drug-likeness (QED) is 0.345. The number of benzene rings is 3. The van der Waals surface area contributed by atoms with E-state index in [1.54, 1.807) is 30.5 Å². The minimum Gasteiger partial charge on any atom is -0.489 e. The van der Waals surface area contributed by atoms with Crippen molar-refractivity contribution in [3.05, 3.63) is 90.4 Å². The Bertz CT molecular complexity index is 1500. The number of sulfonamides is 1. The van der Waals surface area contributed by atoms with Crippen LogP contribution in [0.3, 0.4) is 0 Å². The lowest BCUT2D eigenvalue weighted by Crippen LogP contribution is -2.25. The second-order valence-corrected chi connectivity index (χ2v) is 10.3. The van der Waals surface area contributed by atoms with Crippen molar-refractivity contribution in [3.8, 4) is 16.9 Å². The van der Waals surface area contributed by atoms with E-state index in [0.717, 1.165) is 5.56 Å². The number of hydrogen-bond acceptors (Lipinski definition) is 7. The molecule has 0 aliphatic carbocycles. The molecule has 3 N–H and O–H groups in total. The fourth-order valence-corrected chi connectivity index (χ4v) is 5.06. The number of nitrogens with zero attached hydrogens (tertiary/aromatic N) is 2. The average Bonchev–Trinajstić information content (AvgIpc) is 2.90. The maximum Gasteiger partial charge on any atom is 0.240 e. The standard InChI is InChI=1S/C27H26FN5O3S/c28-25-16-21(36-18-19-7-2-1-3-8-19)11-12-23(25)24-17-30-27-32-20-9-6-10-22(15-20)37(34,35)31-14-5-4-13-29-26(24)33-27/h1-3,6-12,15-17,31H,4-5,13-14,18H2,(H2,29,30,32,33). The first-order valence-corrected chi connectivity index (χ1v) is 13.4. The third-order valence-electron chi connectivity index (χ3n) is 5.86. The van der Waals surface area contributed by atoms with Crippen LogP contribution in [0.15, 0.2) is 83.9 Å². The topological polar surface area (TPSA) is 105 Å². The Labute approximate surface area is 215 Å². The molecule has 1 aliphatic rings. The van der Waals surface area contributed by atoms with Crippen LogP contribution < -0.4 is 20.1 Å². The molecule has 1 aliphatic heterocycles. The summed E-state index contributed by atoms with van der Waals surface area (Å²) in [5, 5.41) is 6.30. The highest BCUT2D eigenvalue weighted by atomic mass is 32.2. The highest BCUT2D eigenvalue weighted by Crippen LogP contribution is 2.32. The zero-order chi connectivity index (χ0) is 25.7. The SMILES string of the molecule is O=S1(=O)NCCCCNc2nc(ncc2-c2ccc(OCc3ccccc3)cc2F)Nc2cccc1c2. The van der Waals surface area contributed by atoms with Gasteiger partial charge < -0.3 is 15.4 Å². The van der Waals surface area contributed by atoms with E-state index in [2.05, 4.69) is 25.3 Å². The molecule has 10 heteroatoms. The second-order valence-electron chi connectivity index (χ2n) is 8.56. The lowest BCUT2D eigenvalue weighted by atomic mass is 10.1. The van der Waals surface area contributed by atoms with Crippen molar-refractivity contribution in [3.63, 3.8) is 0 Å². The molecule has 4 bridgehead atoms. The van der Waals surface area contributed by atoms with Crippen molar-refractivity contribution in [2.75, 3.05) is 23.7 Å². The Morgan fingerprint density at radius 1 is 0.919 bits per heavy atom. The molecular weight excluding hydrogens is 493 g/mol. The summed E-state index contributed by atoms with van der Waals surface area (Å²) in [6.45, 7) is 1.17. The van der Waals surface area contributed by atoms with E-state index < -0.39 is 15.8 Å². The molecule has 3 aromatic carbocycles. The molecule has 0 atom stereocenters. The predicted molar refractivity (Wildman–Crippen MR) is 141 cm³/mol. The Balaban J connectivity index is 1.42. The molecule has 2 heterocycles. The van der Waals surface area contributed by atoms with Gasteiger partial charge in [0.2, 0.25) is 16.0 Å². The number of aromatic nitrogens is 2. The van der Waals surface area contributed by atoms with Gasteiger partial charge in [0.1, 0.15) is 24.0 Å². The van der Waals surface area contributed by atoms with Crippen molar-refractivity contribution < 1.29 is 17.5 Å². The van der Waals surface area contributed by atoms with Crippen LogP contribution in [0, 0.1) is 5.82 Å². The Kier molecular flexibility index (Phi) is 7.29. The molecule has 0 amide bonds. The highest BCUT2D eigenvalue weighted by molar-refractivity contribution is 7.89. The molecule has 0 spiro atoms. The van der Waals surface area contributed by atoms with Crippen LogP contribution in [0.2, 0.25) is 0 Å². The number of hydrogen-bond donors (Lipinski definition) is 3. The van der Waals surface area contributed by atoms with Crippen LogP contribution in [0.25, 0.3) is 11.1 Å². The normalized spacial score (nSPS) is 15.1. The number of fused-ring (bicyclic) bond motifs is 4. The smallest absolute Gasteiger partial charge is 0.240 e. The van der Waals surface area contributed by atoms with Crippen LogP contribution in [-0.4, -0.2) is 31.5 Å². The maximum absolute atomic E-state index is 15.2. The van der Waals surface area contributed by atoms with Gasteiger partial charge in [0.15, 0.2) is 0 Å². The zero-order valence-corrected chi connectivity index (χ0v) is 20.8. The summed E-state index contributed by atoms with van der Waals surface area (Å²) >= 11 is 0. The van der Waals surface area contributed by atoms with E-state index in [0.29, 0.717) is 60.9 Å². The summed E-state index contributed by atoms with van der Waals surface area (Å²) in [5.41, 5.74) is 2.37. The van der Waals surface area contributed by atoms with Gasteiger partial charge in [-0.25, -0.2) is 22.5 Å². The molecule has 0 saturated heterocycles. The molecule has 1 aromatic heterocycles. The van der Waals surface area contributed by atoms with E-state index in [1.807, 2.05) is 30.3 Å². The fraction of sp³-hybridized carbons (Fsp3) is 0.185. The monoisotopic (exact) mass is 519 g/mol. The number of ether oxygens (including phenoxy) is 1. The highest BCUT2D eigenvalue weighted by Gasteiger charge is 2.17. The summed E-state index contributed by atoms with van der Waals surface area (Å²) in [5.74, 6) is 0.710. The first-order chi connectivity index (χ1) is 18.0. The van der Waals surface area contributed by atoms with E-state index in [4.69, 9.17) is 4.74 Å². The lowest BCUT2D eigenvalue weighted by molar-refractivity contribution is 0.304. The summed E-state index contributed by atoms with van der Waals surface area (Å²) in [4.78, 5) is 9.08. The summed E-state index contributed by atoms with van der Waals surface area (Å²) < 4.78 is 48.7. The van der Waals surface area contributed by atoms with Crippen LogP contribution in [0.4, 0.5) is 21.8 Å². The van der Waals surface area contributed by atoms with Crippen molar-refractivity contribution in [2.45, 2.75) is 24.3 Å². The lowest BCUT2D eigenvalue weighted by Gasteiger charge is -2.16. The number of halogens is 1. The van der Waals surface area contributed by atoms with E-state index in [9.17, 15) is 8.42 Å². The van der Waals surface area contributed by atoms with Crippen molar-refractivity contribution in [2.24, 2.45) is 0 Å². The zero-order valence-electron chi connectivity index (χ0n) is 19.9. The number of rotatable bonds is 4. The van der Waals surface area contributed by atoms with Gasteiger partial charge in [-0.15, -0.1) is 0 Å². The molecule has 37 heavy (non-hydrogen) atoms. The van der Waals surface area contributed by atoms with Crippen LogP contribution in [-0.2, 0) is 16.6 Å². The average molecular weight is 520 g/mol. The Morgan fingerprint density at radius 3 is 2.59 bits per heavy atom. The van der Waals surface area contributed by atoms with Gasteiger partial charge in [-0.3, -0.25) is 0 Å². The van der Waals surface area contributed by atoms with Gasteiger partial charge in [-0.05, 0) is 48.7 Å². The molecule has 0 saturated carbocycles. The maximum atomic E-state index is 15.2. The molecule has 8 nitrogen and oxygen atoms in total. The summed E-state index contributed by atoms with van der Waals surface area (Å²) in [6.07, 6.45) is 2.86. The third kappa shape index (κ3) is 6.04. The van der Waals surface area contributed by atoms with Gasteiger partial charge in [0, 0.05) is 42.2 Å². The molecule has 190 valence electrons. The third-order valence-corrected chi connectivity index (χ3v) is 7.32. The Hall–Kier alpha value is -4.02. The van der Waals surface area contributed by atoms with Gasteiger partial charge in [0.25, 0.3) is 0 Å². The van der Waals surface area contributed by atoms with Crippen LogP contribution in [0.5, 0.6) is 5.75 Å². The minimum absolute atomic E-state index is 0.154. The minimum atomic E-state index is -3.61. The molecule has 0 radical (unpaired) electrons. The van der Waals surface area contributed by atoms with E-state index in [-0.39, 0.29) is 10.8 Å².